The fraction of sp³-hybridized carbons (Fsp3) is 0.150. The van der Waals surface area contributed by atoms with Gasteiger partial charge < -0.3 is 4.40 Å². The van der Waals surface area contributed by atoms with Crippen LogP contribution in [0.25, 0.3) is 71.1 Å². The van der Waals surface area contributed by atoms with E-state index in [-0.39, 0.29) is 10.8 Å². The van der Waals surface area contributed by atoms with Gasteiger partial charge in [0, 0.05) is 32.4 Å². The SMILES string of the molecule is CC1(C)c2ccccc2-c2ccc3c(c21)c1cc2ccccc2c2c4c5c(ccc4n3c12)-c1ccccc1C5(C)C. The summed E-state index contributed by atoms with van der Waals surface area (Å²) in [5.41, 5.74) is 15.2. The molecule has 2 heterocycles. The zero-order valence-corrected chi connectivity index (χ0v) is 23.8. The average Bonchev–Trinajstić information content (AvgIpc) is 3.64. The van der Waals surface area contributed by atoms with Crippen molar-refractivity contribution in [3.8, 4) is 22.3 Å². The summed E-state index contributed by atoms with van der Waals surface area (Å²) in [6, 6.07) is 39.1. The molecule has 6 aromatic carbocycles. The molecule has 10 rings (SSSR count). The predicted molar refractivity (Wildman–Crippen MR) is 174 cm³/mol. The first-order valence-corrected chi connectivity index (χ1v) is 14.8. The van der Waals surface area contributed by atoms with Crippen LogP contribution in [0.3, 0.4) is 0 Å². The Hall–Kier alpha value is -4.62. The second kappa shape index (κ2) is 6.81. The number of hydrogen-bond donors (Lipinski definition) is 0. The molecule has 1 nitrogen and oxygen atoms in total. The maximum absolute atomic E-state index is 2.60. The Morgan fingerprint density at radius 2 is 1.00 bits per heavy atom. The van der Waals surface area contributed by atoms with Crippen molar-refractivity contribution in [3.05, 3.63) is 125 Å². The minimum absolute atomic E-state index is 0.0695. The zero-order valence-electron chi connectivity index (χ0n) is 23.8. The summed E-state index contributed by atoms with van der Waals surface area (Å²) in [7, 11) is 0. The fourth-order valence-electron chi connectivity index (χ4n) is 9.01. The Bertz CT molecular complexity index is 2460. The molecule has 0 spiro atoms. The topological polar surface area (TPSA) is 4.41 Å². The van der Waals surface area contributed by atoms with Crippen LogP contribution in [-0.4, -0.2) is 4.40 Å². The van der Waals surface area contributed by atoms with Crippen molar-refractivity contribution in [1.82, 2.24) is 4.40 Å². The normalized spacial score (nSPS) is 16.2. The Morgan fingerprint density at radius 1 is 0.463 bits per heavy atom. The van der Waals surface area contributed by atoms with E-state index in [9.17, 15) is 0 Å². The van der Waals surface area contributed by atoms with Crippen molar-refractivity contribution < 1.29 is 0 Å². The molecule has 8 aromatic rings. The molecule has 2 aliphatic rings. The largest absolute Gasteiger partial charge is 0.308 e. The summed E-state index contributed by atoms with van der Waals surface area (Å²) in [6.45, 7) is 9.65. The molecule has 2 aromatic heterocycles. The molecule has 0 saturated heterocycles. The molecule has 0 atom stereocenters. The smallest absolute Gasteiger partial charge is 0.0627 e. The van der Waals surface area contributed by atoms with Gasteiger partial charge in [0.15, 0.2) is 0 Å². The van der Waals surface area contributed by atoms with Crippen molar-refractivity contribution in [3.63, 3.8) is 0 Å². The maximum atomic E-state index is 2.60. The molecule has 2 aliphatic carbocycles. The van der Waals surface area contributed by atoms with E-state index >= 15 is 0 Å². The van der Waals surface area contributed by atoms with Gasteiger partial charge in [-0.15, -0.1) is 0 Å². The Kier molecular flexibility index (Phi) is 3.67. The first-order chi connectivity index (χ1) is 19.9. The van der Waals surface area contributed by atoms with Gasteiger partial charge >= 0.3 is 0 Å². The molecule has 0 N–H and O–H groups in total. The van der Waals surface area contributed by atoms with Gasteiger partial charge in [0.2, 0.25) is 0 Å². The number of benzene rings is 6. The van der Waals surface area contributed by atoms with E-state index in [2.05, 4.69) is 135 Å². The highest BCUT2D eigenvalue weighted by Gasteiger charge is 2.41. The maximum Gasteiger partial charge on any atom is 0.0627 e. The number of hydrogen-bond acceptors (Lipinski definition) is 0. The average molecular weight is 524 g/mol. The number of fused-ring (bicyclic) bond motifs is 16. The fourth-order valence-corrected chi connectivity index (χ4v) is 9.01. The molecule has 0 bridgehead atoms. The third-order valence-electron chi connectivity index (χ3n) is 10.6. The Labute approximate surface area is 239 Å². The van der Waals surface area contributed by atoms with Crippen molar-refractivity contribution in [2.24, 2.45) is 0 Å². The summed E-state index contributed by atoms with van der Waals surface area (Å²) >= 11 is 0. The van der Waals surface area contributed by atoms with Gasteiger partial charge in [-0.1, -0.05) is 113 Å². The Balaban J connectivity index is 1.48. The molecule has 0 unspecified atom stereocenters. The highest BCUT2D eigenvalue weighted by molar-refractivity contribution is 6.33. The van der Waals surface area contributed by atoms with Crippen molar-refractivity contribution in [2.75, 3.05) is 0 Å². The van der Waals surface area contributed by atoms with Crippen molar-refractivity contribution in [2.45, 2.75) is 38.5 Å². The van der Waals surface area contributed by atoms with E-state index in [4.69, 9.17) is 0 Å². The zero-order chi connectivity index (χ0) is 27.4. The summed E-state index contributed by atoms with van der Waals surface area (Å²) in [5.74, 6) is 0. The van der Waals surface area contributed by atoms with Crippen molar-refractivity contribution >= 4 is 48.9 Å². The van der Waals surface area contributed by atoms with E-state index in [0.29, 0.717) is 0 Å². The second-order valence-electron chi connectivity index (χ2n) is 13.3. The molecule has 0 fully saturated rings. The van der Waals surface area contributed by atoms with Gasteiger partial charge in [0.1, 0.15) is 0 Å². The first kappa shape index (κ1) is 22.1. The molecular weight excluding hydrogens is 494 g/mol. The van der Waals surface area contributed by atoms with Crippen LogP contribution in [0, 0.1) is 0 Å². The van der Waals surface area contributed by atoms with Gasteiger partial charge in [-0.25, -0.2) is 0 Å². The summed E-state index contributed by atoms with van der Waals surface area (Å²) in [5, 5.41) is 8.29. The third kappa shape index (κ3) is 2.32. The van der Waals surface area contributed by atoms with Crippen LogP contribution in [-0.2, 0) is 10.8 Å². The van der Waals surface area contributed by atoms with Crippen LogP contribution in [0.15, 0.2) is 103 Å². The number of aromatic nitrogens is 1. The third-order valence-corrected chi connectivity index (χ3v) is 10.6. The summed E-state index contributed by atoms with van der Waals surface area (Å²) in [6.07, 6.45) is 0. The van der Waals surface area contributed by atoms with Crippen LogP contribution in [0.1, 0.15) is 49.9 Å². The van der Waals surface area contributed by atoms with Crippen LogP contribution in [0.2, 0.25) is 0 Å². The Morgan fingerprint density at radius 3 is 1.66 bits per heavy atom. The van der Waals surface area contributed by atoms with Gasteiger partial charge in [0.25, 0.3) is 0 Å². The molecule has 0 aliphatic heterocycles. The molecule has 1 heteroatoms. The van der Waals surface area contributed by atoms with Crippen LogP contribution < -0.4 is 0 Å². The molecule has 0 radical (unpaired) electrons. The quantitative estimate of drug-likeness (QED) is 0.186. The van der Waals surface area contributed by atoms with Gasteiger partial charge in [-0.05, 0) is 73.5 Å². The lowest BCUT2D eigenvalue weighted by atomic mass is 9.79. The van der Waals surface area contributed by atoms with Crippen molar-refractivity contribution in [1.29, 1.82) is 0 Å². The second-order valence-corrected chi connectivity index (χ2v) is 13.3. The molecule has 194 valence electrons. The van der Waals surface area contributed by atoms with E-state index < -0.39 is 0 Å². The predicted octanol–water partition coefficient (Wildman–Crippen LogP) is 10.6. The van der Waals surface area contributed by atoms with E-state index in [1.54, 1.807) is 0 Å². The monoisotopic (exact) mass is 523 g/mol. The molecule has 0 saturated carbocycles. The summed E-state index contributed by atoms with van der Waals surface area (Å²) < 4.78 is 2.60. The van der Waals surface area contributed by atoms with Gasteiger partial charge in [-0.2, -0.15) is 0 Å². The van der Waals surface area contributed by atoms with Crippen LogP contribution in [0.5, 0.6) is 0 Å². The molecular formula is C40H29N. The minimum atomic E-state index is -0.0781. The molecule has 41 heavy (non-hydrogen) atoms. The van der Waals surface area contributed by atoms with Gasteiger partial charge in [0.05, 0.1) is 16.6 Å². The minimum Gasteiger partial charge on any atom is -0.308 e. The molecule has 0 amide bonds. The lowest BCUT2D eigenvalue weighted by Gasteiger charge is -2.23. The first-order valence-electron chi connectivity index (χ1n) is 14.8. The summed E-state index contributed by atoms with van der Waals surface area (Å²) in [4.78, 5) is 0. The number of nitrogens with zero attached hydrogens (tertiary/aromatic N) is 1. The van der Waals surface area contributed by atoms with Crippen LogP contribution >= 0.6 is 0 Å². The lowest BCUT2D eigenvalue weighted by molar-refractivity contribution is 0.666. The standard InChI is InChI=1S/C40H29N/c1-39(2)29-15-9-7-13-24(29)26-17-19-31-33(36(26)39)28-21-22-11-5-6-12-23(22)34-35-32(41(31)38(28)34)20-18-27-25-14-8-10-16-30(25)40(3,4)37(27)35/h5-21H,1-4H3. The van der Waals surface area contributed by atoms with Gasteiger partial charge in [-0.3, -0.25) is 0 Å². The van der Waals surface area contributed by atoms with E-state index in [1.165, 1.54) is 93.4 Å². The van der Waals surface area contributed by atoms with E-state index in [1.807, 2.05) is 0 Å². The van der Waals surface area contributed by atoms with E-state index in [0.717, 1.165) is 0 Å². The lowest BCUT2D eigenvalue weighted by Crippen LogP contribution is -2.15. The van der Waals surface area contributed by atoms with Crippen LogP contribution in [0.4, 0.5) is 0 Å². The highest BCUT2D eigenvalue weighted by Crippen LogP contribution is 2.57. The number of rotatable bonds is 0. The highest BCUT2D eigenvalue weighted by atomic mass is 14.9.